The van der Waals surface area contributed by atoms with Gasteiger partial charge >= 0.3 is 6.18 Å². The predicted molar refractivity (Wildman–Crippen MR) is 91.6 cm³/mol. The zero-order valence-corrected chi connectivity index (χ0v) is 15.5. The minimum atomic E-state index is -4.94. The van der Waals surface area contributed by atoms with E-state index in [0.717, 1.165) is 18.3 Å². The fourth-order valence-electron chi connectivity index (χ4n) is 2.29. The molecule has 1 aromatic heterocycles. The molecule has 154 valence electrons. The van der Waals surface area contributed by atoms with Crippen LogP contribution in [0.1, 0.15) is 23.0 Å². The predicted octanol–water partition coefficient (Wildman–Crippen LogP) is 2.09. The average Bonchev–Trinajstić information content (AvgIpc) is 2.98. The van der Waals surface area contributed by atoms with E-state index in [4.69, 9.17) is 5.11 Å². The highest BCUT2D eigenvalue weighted by molar-refractivity contribution is 7.89. The summed E-state index contributed by atoms with van der Waals surface area (Å²) < 4.78 is 79.4. The van der Waals surface area contributed by atoms with Gasteiger partial charge in [0.1, 0.15) is 16.4 Å². The number of nitrogens with zero attached hydrogens (tertiary/aromatic N) is 1. The lowest BCUT2D eigenvalue weighted by molar-refractivity contribution is -0.139. The molecule has 0 spiro atoms. The maximum absolute atomic E-state index is 13.3. The molecule has 1 heterocycles. The van der Waals surface area contributed by atoms with E-state index in [-0.39, 0.29) is 16.3 Å². The van der Waals surface area contributed by atoms with Gasteiger partial charge in [-0.2, -0.15) is 13.2 Å². The number of amides is 1. The molecule has 3 N–H and O–H groups in total. The van der Waals surface area contributed by atoms with Crippen LogP contribution in [0.5, 0.6) is 0 Å². The van der Waals surface area contributed by atoms with Crippen molar-refractivity contribution in [3.8, 4) is 0 Å². The normalized spacial score (nSPS) is 13.4. The number of nitrogens with one attached hydrogen (secondary N) is 2. The van der Waals surface area contributed by atoms with E-state index < -0.39 is 46.1 Å². The third kappa shape index (κ3) is 4.88. The number of aliphatic hydroxyl groups is 1. The Morgan fingerprint density at radius 2 is 1.93 bits per heavy atom. The SMILES string of the molecule is C[C@H](CO)NS(=O)(=O)c1cc(C(=O)Nc2ccc(F)c(C(F)(F)F)c2)n(C)c1. The number of carbonyl (C=O) groups is 1. The van der Waals surface area contributed by atoms with E-state index in [9.17, 15) is 30.8 Å². The molecular weight excluding hydrogens is 406 g/mol. The van der Waals surface area contributed by atoms with Gasteiger partial charge in [-0.15, -0.1) is 0 Å². The van der Waals surface area contributed by atoms with E-state index >= 15 is 0 Å². The number of aliphatic hydroxyl groups excluding tert-OH is 1. The minimum Gasteiger partial charge on any atom is -0.395 e. The summed E-state index contributed by atoms with van der Waals surface area (Å²) in [4.78, 5) is 12.1. The summed E-state index contributed by atoms with van der Waals surface area (Å²) in [5, 5.41) is 11.1. The molecule has 1 atom stereocenters. The van der Waals surface area contributed by atoms with Crippen molar-refractivity contribution in [2.24, 2.45) is 7.05 Å². The quantitative estimate of drug-likeness (QED) is 0.620. The molecule has 28 heavy (non-hydrogen) atoms. The second kappa shape index (κ2) is 7.89. The molecule has 1 aromatic carbocycles. The highest BCUT2D eigenvalue weighted by atomic mass is 32.2. The van der Waals surface area contributed by atoms with Crippen LogP contribution in [0.2, 0.25) is 0 Å². The number of rotatable bonds is 6. The topological polar surface area (TPSA) is 100 Å². The van der Waals surface area contributed by atoms with E-state index in [1.807, 2.05) is 0 Å². The number of benzene rings is 1. The van der Waals surface area contributed by atoms with Crippen LogP contribution >= 0.6 is 0 Å². The molecule has 0 unspecified atom stereocenters. The second-order valence-corrected chi connectivity index (χ2v) is 7.74. The number of halogens is 4. The molecule has 0 fully saturated rings. The molecule has 0 bridgehead atoms. The Kier molecular flexibility index (Phi) is 6.16. The number of aryl methyl sites for hydroxylation is 1. The smallest absolute Gasteiger partial charge is 0.395 e. The van der Waals surface area contributed by atoms with Gasteiger partial charge in [-0.3, -0.25) is 4.79 Å². The van der Waals surface area contributed by atoms with Crippen LogP contribution < -0.4 is 10.0 Å². The lowest BCUT2D eigenvalue weighted by Crippen LogP contribution is -2.34. The van der Waals surface area contributed by atoms with Crippen LogP contribution in [0, 0.1) is 5.82 Å². The van der Waals surface area contributed by atoms with E-state index in [1.165, 1.54) is 18.5 Å². The zero-order valence-electron chi connectivity index (χ0n) is 14.7. The van der Waals surface area contributed by atoms with Crippen LogP contribution in [0.3, 0.4) is 0 Å². The van der Waals surface area contributed by atoms with Crippen molar-refractivity contribution < 1.29 is 35.9 Å². The summed E-state index contributed by atoms with van der Waals surface area (Å²) >= 11 is 0. The molecule has 1 amide bonds. The molecule has 12 heteroatoms. The van der Waals surface area contributed by atoms with Gasteiger partial charge in [0.15, 0.2) is 0 Å². The third-order valence-electron chi connectivity index (χ3n) is 3.68. The Balaban J connectivity index is 2.28. The molecule has 7 nitrogen and oxygen atoms in total. The average molecular weight is 423 g/mol. The molecule has 0 aliphatic carbocycles. The molecule has 0 aliphatic rings. The summed E-state index contributed by atoms with van der Waals surface area (Å²) in [6, 6.07) is 2.23. The summed E-state index contributed by atoms with van der Waals surface area (Å²) in [6.45, 7) is 0.992. The first kappa shape index (κ1) is 21.9. The van der Waals surface area contributed by atoms with Gasteiger partial charge in [0.2, 0.25) is 10.0 Å². The highest BCUT2D eigenvalue weighted by Gasteiger charge is 2.34. The maximum atomic E-state index is 13.3. The van der Waals surface area contributed by atoms with Crippen LogP contribution in [0.25, 0.3) is 0 Å². The van der Waals surface area contributed by atoms with Crippen molar-refractivity contribution in [3.63, 3.8) is 0 Å². The van der Waals surface area contributed by atoms with Crippen molar-refractivity contribution in [1.29, 1.82) is 0 Å². The highest BCUT2D eigenvalue weighted by Crippen LogP contribution is 2.33. The molecule has 2 rings (SSSR count). The van der Waals surface area contributed by atoms with Crippen LogP contribution in [0.15, 0.2) is 35.4 Å². The third-order valence-corrected chi connectivity index (χ3v) is 5.24. The van der Waals surface area contributed by atoms with Gasteiger partial charge in [0.05, 0.1) is 12.2 Å². The monoisotopic (exact) mass is 423 g/mol. The van der Waals surface area contributed by atoms with Crippen molar-refractivity contribution in [3.05, 3.63) is 47.5 Å². The maximum Gasteiger partial charge on any atom is 0.419 e. The number of hydrogen-bond acceptors (Lipinski definition) is 4. The molecule has 0 aliphatic heterocycles. The number of aromatic nitrogens is 1. The molecular formula is C16H17F4N3O4S. The van der Waals surface area contributed by atoms with Gasteiger partial charge in [-0.1, -0.05) is 0 Å². The van der Waals surface area contributed by atoms with Crippen LogP contribution in [-0.4, -0.2) is 36.6 Å². The van der Waals surface area contributed by atoms with Gasteiger partial charge in [0, 0.05) is 25.0 Å². The lowest BCUT2D eigenvalue weighted by atomic mass is 10.1. The number of carbonyl (C=O) groups excluding carboxylic acids is 1. The summed E-state index contributed by atoms with van der Waals surface area (Å²) in [7, 11) is -2.65. The number of alkyl halides is 3. The zero-order chi connectivity index (χ0) is 21.3. The van der Waals surface area contributed by atoms with Crippen molar-refractivity contribution in [1.82, 2.24) is 9.29 Å². The molecule has 0 saturated carbocycles. The Morgan fingerprint density at radius 1 is 1.29 bits per heavy atom. The first-order chi connectivity index (χ1) is 12.8. The van der Waals surface area contributed by atoms with Gasteiger partial charge in [0.25, 0.3) is 5.91 Å². The number of sulfonamides is 1. The van der Waals surface area contributed by atoms with E-state index in [2.05, 4.69) is 10.0 Å². The Hall–Kier alpha value is -2.44. The van der Waals surface area contributed by atoms with Gasteiger partial charge in [-0.05, 0) is 31.2 Å². The first-order valence-electron chi connectivity index (χ1n) is 7.83. The van der Waals surface area contributed by atoms with E-state index in [0.29, 0.717) is 12.1 Å². The first-order valence-corrected chi connectivity index (χ1v) is 9.31. The Morgan fingerprint density at radius 3 is 2.50 bits per heavy atom. The molecule has 0 saturated heterocycles. The van der Waals surface area contributed by atoms with Gasteiger partial charge < -0.3 is 15.0 Å². The fourth-order valence-corrected chi connectivity index (χ4v) is 3.60. The minimum absolute atomic E-state index is 0.157. The summed E-state index contributed by atoms with van der Waals surface area (Å²) in [6.07, 6.45) is -3.81. The Labute approximate surface area is 158 Å². The second-order valence-electron chi connectivity index (χ2n) is 6.02. The van der Waals surface area contributed by atoms with Crippen molar-refractivity contribution >= 4 is 21.6 Å². The number of anilines is 1. The molecule has 2 aromatic rings. The summed E-state index contributed by atoms with van der Waals surface area (Å²) in [5.41, 5.74) is -2.01. The Bertz CT molecular complexity index is 986. The standard InChI is InChI=1S/C16H17F4N3O4S/c1-9(8-24)22-28(26,27)11-6-14(23(2)7-11)15(25)21-10-3-4-13(17)12(5-10)16(18,19)20/h3-7,9,22,24H,8H2,1-2H3,(H,21,25)/t9-/m1/s1. The lowest BCUT2D eigenvalue weighted by Gasteiger charge is -2.11. The van der Waals surface area contributed by atoms with Gasteiger partial charge in [-0.25, -0.2) is 17.5 Å². The largest absolute Gasteiger partial charge is 0.419 e. The van der Waals surface area contributed by atoms with Crippen LogP contribution in [0.4, 0.5) is 23.2 Å². The van der Waals surface area contributed by atoms with Crippen molar-refractivity contribution in [2.75, 3.05) is 11.9 Å². The molecule has 0 radical (unpaired) electrons. The van der Waals surface area contributed by atoms with E-state index in [1.54, 1.807) is 0 Å². The number of hydrogen-bond donors (Lipinski definition) is 3. The fraction of sp³-hybridized carbons (Fsp3) is 0.312. The van der Waals surface area contributed by atoms with Crippen molar-refractivity contribution in [2.45, 2.75) is 24.0 Å². The summed E-state index contributed by atoms with van der Waals surface area (Å²) in [5.74, 6) is -2.37. The van der Waals surface area contributed by atoms with Crippen LogP contribution in [-0.2, 0) is 23.2 Å².